The van der Waals surface area contributed by atoms with Crippen molar-refractivity contribution in [2.45, 2.75) is 76.8 Å². The molecule has 1 aromatic carbocycles. The Bertz CT molecular complexity index is 772. The van der Waals surface area contributed by atoms with Crippen LogP contribution in [0.2, 0.25) is 0 Å². The van der Waals surface area contributed by atoms with Crippen LogP contribution in [0.25, 0.3) is 0 Å². The van der Waals surface area contributed by atoms with E-state index in [2.05, 4.69) is 24.8 Å². The van der Waals surface area contributed by atoms with Gasteiger partial charge in [-0.05, 0) is 92.9 Å². The molecule has 2 saturated carbocycles. The standard InChI is InChI=1S/C25H29F5/c1-2-17-7-9-18(10-8-17)5-3-4-6-19-11-13-20(14-12-19)21-15-22(26)24(23(27)16-21)25(28,29)30/h3,5,15-20H,2,7-14H2,1H3/b5-3+. The molecule has 1 aromatic rings. The quantitative estimate of drug-likeness (QED) is 0.340. The molecule has 30 heavy (non-hydrogen) atoms. The number of hydrogen-bond acceptors (Lipinski definition) is 0. The van der Waals surface area contributed by atoms with E-state index in [9.17, 15) is 22.0 Å². The van der Waals surface area contributed by atoms with E-state index in [1.165, 1.54) is 32.1 Å². The second kappa shape index (κ2) is 9.98. The van der Waals surface area contributed by atoms with Gasteiger partial charge in [-0.3, -0.25) is 0 Å². The van der Waals surface area contributed by atoms with Crippen molar-refractivity contribution in [1.29, 1.82) is 0 Å². The van der Waals surface area contributed by atoms with Crippen molar-refractivity contribution in [3.8, 4) is 11.8 Å². The largest absolute Gasteiger partial charge is 0.422 e. The predicted molar refractivity (Wildman–Crippen MR) is 109 cm³/mol. The van der Waals surface area contributed by atoms with Gasteiger partial charge in [0.15, 0.2) is 0 Å². The fraction of sp³-hybridized carbons (Fsp3) is 0.600. The lowest BCUT2D eigenvalue weighted by Gasteiger charge is -2.26. The summed E-state index contributed by atoms with van der Waals surface area (Å²) in [6.07, 6.45) is 8.43. The molecule has 0 heterocycles. The molecule has 2 fully saturated rings. The number of halogens is 5. The van der Waals surface area contributed by atoms with Crippen LogP contribution < -0.4 is 0 Å². The third-order valence-electron chi connectivity index (χ3n) is 6.75. The summed E-state index contributed by atoms with van der Waals surface area (Å²) in [6, 6.07) is 1.69. The first kappa shape index (κ1) is 22.8. The number of alkyl halides is 3. The molecule has 0 aromatic heterocycles. The molecule has 164 valence electrons. The second-order valence-electron chi connectivity index (χ2n) is 8.74. The molecular weight excluding hydrogens is 395 g/mol. The van der Waals surface area contributed by atoms with Gasteiger partial charge in [0.1, 0.15) is 17.2 Å². The van der Waals surface area contributed by atoms with E-state index in [0.29, 0.717) is 24.3 Å². The van der Waals surface area contributed by atoms with Crippen molar-refractivity contribution in [1.82, 2.24) is 0 Å². The molecule has 3 rings (SSSR count). The van der Waals surface area contributed by atoms with E-state index in [0.717, 1.165) is 30.9 Å². The van der Waals surface area contributed by atoms with Gasteiger partial charge in [0.05, 0.1) is 0 Å². The van der Waals surface area contributed by atoms with Crippen molar-refractivity contribution < 1.29 is 22.0 Å². The summed E-state index contributed by atoms with van der Waals surface area (Å²) in [5.74, 6) is 4.97. The van der Waals surface area contributed by atoms with E-state index in [1.54, 1.807) is 0 Å². The van der Waals surface area contributed by atoms with E-state index < -0.39 is 23.4 Å². The normalized spacial score (nSPS) is 27.7. The monoisotopic (exact) mass is 424 g/mol. The number of rotatable bonds is 3. The summed E-state index contributed by atoms with van der Waals surface area (Å²) < 4.78 is 65.9. The van der Waals surface area contributed by atoms with Crippen LogP contribution in [0.1, 0.15) is 81.8 Å². The van der Waals surface area contributed by atoms with Crippen LogP contribution in [-0.2, 0) is 6.18 Å². The minimum absolute atomic E-state index is 0.126. The molecule has 0 amide bonds. The summed E-state index contributed by atoms with van der Waals surface area (Å²) in [6.45, 7) is 2.26. The van der Waals surface area contributed by atoms with Gasteiger partial charge < -0.3 is 0 Å². The zero-order valence-electron chi connectivity index (χ0n) is 17.4. The average Bonchev–Trinajstić information content (AvgIpc) is 2.70. The maximum atomic E-state index is 13.8. The van der Waals surface area contributed by atoms with Crippen LogP contribution in [0.5, 0.6) is 0 Å². The lowest BCUT2D eigenvalue weighted by atomic mass is 9.78. The SMILES string of the molecule is CCC1CCC(/C=C/C#CC2CCC(c3cc(F)c(C(F)(F)F)c(F)c3)CC2)CC1. The summed E-state index contributed by atoms with van der Waals surface area (Å²) in [4.78, 5) is 0. The molecule has 0 spiro atoms. The Hall–Kier alpha value is -1.83. The molecule has 2 aliphatic rings. The van der Waals surface area contributed by atoms with Crippen LogP contribution in [0, 0.1) is 41.2 Å². The Morgan fingerprint density at radius 3 is 2.07 bits per heavy atom. The molecule has 0 bridgehead atoms. The lowest BCUT2D eigenvalue weighted by molar-refractivity contribution is -0.142. The maximum absolute atomic E-state index is 13.8. The van der Waals surface area contributed by atoms with Crippen LogP contribution in [0.4, 0.5) is 22.0 Å². The Balaban J connectivity index is 1.51. The highest BCUT2D eigenvalue weighted by molar-refractivity contribution is 5.31. The van der Waals surface area contributed by atoms with Gasteiger partial charge in [-0.1, -0.05) is 31.3 Å². The van der Waals surface area contributed by atoms with Gasteiger partial charge in [0, 0.05) is 5.92 Å². The smallest absolute Gasteiger partial charge is 0.206 e. The highest BCUT2D eigenvalue weighted by atomic mass is 19.4. The molecule has 0 unspecified atom stereocenters. The van der Waals surface area contributed by atoms with Crippen molar-refractivity contribution in [2.24, 2.45) is 17.8 Å². The van der Waals surface area contributed by atoms with Gasteiger partial charge in [0.25, 0.3) is 0 Å². The number of benzene rings is 1. The van der Waals surface area contributed by atoms with Gasteiger partial charge in [-0.25, -0.2) is 8.78 Å². The van der Waals surface area contributed by atoms with Crippen molar-refractivity contribution >= 4 is 0 Å². The van der Waals surface area contributed by atoms with Crippen LogP contribution in [-0.4, -0.2) is 0 Å². The van der Waals surface area contributed by atoms with Gasteiger partial charge >= 0.3 is 6.18 Å². The summed E-state index contributed by atoms with van der Waals surface area (Å²) >= 11 is 0. The summed E-state index contributed by atoms with van der Waals surface area (Å²) in [5, 5.41) is 0. The van der Waals surface area contributed by atoms with Crippen molar-refractivity contribution in [2.75, 3.05) is 0 Å². The fourth-order valence-corrected chi connectivity index (χ4v) is 4.81. The molecule has 0 aliphatic heterocycles. The predicted octanol–water partition coefficient (Wildman–Crippen LogP) is 8.03. The third kappa shape index (κ3) is 5.86. The van der Waals surface area contributed by atoms with E-state index in [-0.39, 0.29) is 11.8 Å². The minimum Gasteiger partial charge on any atom is -0.206 e. The van der Waals surface area contributed by atoms with E-state index in [4.69, 9.17) is 0 Å². The Labute approximate surface area is 175 Å². The Morgan fingerprint density at radius 2 is 1.53 bits per heavy atom. The van der Waals surface area contributed by atoms with Crippen LogP contribution in [0.15, 0.2) is 24.3 Å². The van der Waals surface area contributed by atoms with E-state index >= 15 is 0 Å². The lowest BCUT2D eigenvalue weighted by Crippen LogP contribution is -2.15. The molecule has 0 radical (unpaired) electrons. The topological polar surface area (TPSA) is 0 Å². The molecule has 0 atom stereocenters. The van der Waals surface area contributed by atoms with Gasteiger partial charge in [-0.2, -0.15) is 13.2 Å². The maximum Gasteiger partial charge on any atom is 0.422 e. The van der Waals surface area contributed by atoms with Crippen LogP contribution in [0.3, 0.4) is 0 Å². The third-order valence-corrected chi connectivity index (χ3v) is 6.75. The molecule has 2 aliphatic carbocycles. The highest BCUT2D eigenvalue weighted by Gasteiger charge is 2.38. The van der Waals surface area contributed by atoms with Gasteiger partial charge in [-0.15, -0.1) is 0 Å². The average molecular weight is 424 g/mol. The summed E-state index contributed by atoms with van der Waals surface area (Å²) in [5.41, 5.74) is -1.49. The van der Waals surface area contributed by atoms with Crippen molar-refractivity contribution in [3.05, 3.63) is 47.0 Å². The van der Waals surface area contributed by atoms with Crippen molar-refractivity contribution in [3.63, 3.8) is 0 Å². The minimum atomic E-state index is -5.03. The molecule has 0 nitrogen and oxygen atoms in total. The van der Waals surface area contributed by atoms with Crippen LogP contribution >= 0.6 is 0 Å². The highest BCUT2D eigenvalue weighted by Crippen LogP contribution is 2.39. The Kier molecular flexibility index (Phi) is 7.60. The zero-order chi connectivity index (χ0) is 21.7. The molecule has 5 heteroatoms. The zero-order valence-corrected chi connectivity index (χ0v) is 17.4. The number of allylic oxidation sites excluding steroid dienone is 2. The summed E-state index contributed by atoms with van der Waals surface area (Å²) in [7, 11) is 0. The number of hydrogen-bond donors (Lipinski definition) is 0. The fourth-order valence-electron chi connectivity index (χ4n) is 4.81. The molecular formula is C25H29F5. The van der Waals surface area contributed by atoms with E-state index in [1.807, 2.05) is 6.08 Å². The first-order valence-electron chi connectivity index (χ1n) is 11.0. The second-order valence-corrected chi connectivity index (χ2v) is 8.74. The first-order valence-corrected chi connectivity index (χ1v) is 11.0. The molecule has 0 saturated heterocycles. The Morgan fingerprint density at radius 1 is 0.933 bits per heavy atom. The van der Waals surface area contributed by atoms with Gasteiger partial charge in [0.2, 0.25) is 0 Å². The first-order chi connectivity index (χ1) is 14.3. The molecule has 0 N–H and O–H groups in total.